The summed E-state index contributed by atoms with van der Waals surface area (Å²) in [5, 5.41) is 0. The second kappa shape index (κ2) is 17.9. The molecule has 0 atom stereocenters. The molecule has 0 saturated heterocycles. The molecule has 5 heteroatoms. The van der Waals surface area contributed by atoms with Gasteiger partial charge in [-0.15, -0.1) is 0 Å². The molecular formula is C46H54F4O. The zero-order chi connectivity index (χ0) is 35.7. The van der Waals surface area contributed by atoms with E-state index < -0.39 is 23.3 Å². The summed E-state index contributed by atoms with van der Waals surface area (Å²) < 4.78 is 65.8. The van der Waals surface area contributed by atoms with E-state index in [-0.39, 0.29) is 24.0 Å². The number of hydrogen-bond donors (Lipinski definition) is 0. The van der Waals surface area contributed by atoms with Crippen LogP contribution in [0.2, 0.25) is 0 Å². The quantitative estimate of drug-likeness (QED) is 0.0941. The maximum atomic E-state index is 15.0. The van der Waals surface area contributed by atoms with Crippen molar-refractivity contribution in [3.63, 3.8) is 0 Å². The Morgan fingerprint density at radius 2 is 0.804 bits per heavy atom. The van der Waals surface area contributed by atoms with E-state index in [0.717, 1.165) is 23.0 Å². The summed E-state index contributed by atoms with van der Waals surface area (Å²) in [5.41, 5.74) is 5.45. The molecule has 0 aliphatic heterocycles. The van der Waals surface area contributed by atoms with Crippen molar-refractivity contribution in [2.75, 3.05) is 13.2 Å². The van der Waals surface area contributed by atoms with Crippen LogP contribution in [-0.4, -0.2) is 13.2 Å². The molecule has 0 spiro atoms. The van der Waals surface area contributed by atoms with Gasteiger partial charge >= 0.3 is 0 Å². The Balaban J connectivity index is 0.932. The molecule has 4 aromatic rings. The van der Waals surface area contributed by atoms with Gasteiger partial charge in [0, 0.05) is 24.3 Å². The summed E-state index contributed by atoms with van der Waals surface area (Å²) in [4.78, 5) is 0. The van der Waals surface area contributed by atoms with E-state index in [9.17, 15) is 0 Å². The zero-order valence-corrected chi connectivity index (χ0v) is 30.5. The first-order valence-electron chi connectivity index (χ1n) is 19.6. The normalized spacial score (nSPS) is 20.8. The summed E-state index contributed by atoms with van der Waals surface area (Å²) in [6.07, 6.45) is 13.7. The molecule has 0 aromatic heterocycles. The predicted molar refractivity (Wildman–Crippen MR) is 201 cm³/mol. The Kier molecular flexibility index (Phi) is 13.1. The molecule has 2 fully saturated rings. The fourth-order valence-corrected chi connectivity index (χ4v) is 8.52. The van der Waals surface area contributed by atoms with Crippen LogP contribution in [0.25, 0.3) is 22.3 Å². The van der Waals surface area contributed by atoms with Crippen molar-refractivity contribution >= 4 is 0 Å². The Bertz CT molecular complexity index is 1520. The van der Waals surface area contributed by atoms with Gasteiger partial charge in [-0.2, -0.15) is 0 Å². The van der Waals surface area contributed by atoms with Gasteiger partial charge < -0.3 is 4.74 Å². The Labute approximate surface area is 302 Å². The highest BCUT2D eigenvalue weighted by Gasteiger charge is 2.23. The van der Waals surface area contributed by atoms with Crippen LogP contribution in [0.5, 0.6) is 0 Å². The molecule has 272 valence electrons. The van der Waals surface area contributed by atoms with Crippen molar-refractivity contribution in [2.45, 2.75) is 116 Å². The minimum Gasteiger partial charge on any atom is -0.381 e. The lowest BCUT2D eigenvalue weighted by Crippen LogP contribution is -2.12. The minimum absolute atomic E-state index is 0.0598. The highest BCUT2D eigenvalue weighted by molar-refractivity contribution is 5.65. The molecule has 2 saturated carbocycles. The minimum atomic E-state index is -0.549. The van der Waals surface area contributed by atoms with Crippen LogP contribution >= 0.6 is 0 Å². The van der Waals surface area contributed by atoms with Gasteiger partial charge in [0.1, 0.15) is 23.3 Å². The molecule has 0 bridgehead atoms. The number of rotatable bonds is 14. The molecular weight excluding hydrogens is 644 g/mol. The van der Waals surface area contributed by atoms with Crippen LogP contribution in [-0.2, 0) is 17.6 Å². The van der Waals surface area contributed by atoms with Gasteiger partial charge in [0.05, 0.1) is 0 Å². The fourth-order valence-electron chi connectivity index (χ4n) is 8.52. The lowest BCUT2D eigenvalue weighted by atomic mass is 9.77. The summed E-state index contributed by atoms with van der Waals surface area (Å²) in [6.45, 7) is 5.15. The standard InChI is InChI=1S/C46H54F4O/c1-3-31-9-13-33(14-10-31)35-17-21-37(22-18-35)39-27-43(47)41(44(48)28-39)7-5-25-51-26-6-8-42-45(49)29-40(30-46(42)50)38-23-19-36(20-24-38)34-15-11-32(4-2)12-16-34/h17-24,27-34H,3-16,25-26H2,1-2H3. The van der Waals surface area contributed by atoms with Gasteiger partial charge in [-0.3, -0.25) is 0 Å². The van der Waals surface area contributed by atoms with Crippen molar-refractivity contribution in [1.82, 2.24) is 0 Å². The third kappa shape index (κ3) is 9.52. The molecule has 0 radical (unpaired) electrons. The SMILES string of the molecule is CCC1CCC(c2ccc(-c3cc(F)c(CCCOCCCc4c(F)cc(-c5ccc(C6CCC(CC)CC6)cc5)cc4F)c(F)c3)cc2)CC1. The van der Waals surface area contributed by atoms with Gasteiger partial charge in [-0.05, 0) is 158 Å². The fraction of sp³-hybridized carbons (Fsp3) is 0.478. The highest BCUT2D eigenvalue weighted by atomic mass is 19.1. The van der Waals surface area contributed by atoms with Crippen LogP contribution in [0.4, 0.5) is 17.6 Å². The van der Waals surface area contributed by atoms with E-state index in [1.54, 1.807) is 0 Å². The van der Waals surface area contributed by atoms with Gasteiger partial charge in [0.25, 0.3) is 0 Å². The zero-order valence-electron chi connectivity index (χ0n) is 30.5. The monoisotopic (exact) mass is 698 g/mol. The van der Waals surface area contributed by atoms with Crippen LogP contribution in [0.1, 0.15) is 125 Å². The summed E-state index contributed by atoms with van der Waals surface area (Å²) in [7, 11) is 0. The van der Waals surface area contributed by atoms with Crippen molar-refractivity contribution in [2.24, 2.45) is 11.8 Å². The second-order valence-corrected chi connectivity index (χ2v) is 15.2. The van der Waals surface area contributed by atoms with Crippen LogP contribution < -0.4 is 0 Å². The summed E-state index contributed by atoms with van der Waals surface area (Å²) >= 11 is 0. The Morgan fingerprint density at radius 3 is 1.12 bits per heavy atom. The van der Waals surface area contributed by atoms with E-state index in [1.165, 1.54) is 99.6 Å². The van der Waals surface area contributed by atoms with E-state index in [4.69, 9.17) is 4.74 Å². The topological polar surface area (TPSA) is 9.23 Å². The van der Waals surface area contributed by atoms with E-state index in [1.807, 2.05) is 24.3 Å². The van der Waals surface area contributed by atoms with Crippen molar-refractivity contribution < 1.29 is 22.3 Å². The van der Waals surface area contributed by atoms with Crippen molar-refractivity contribution in [1.29, 1.82) is 0 Å². The molecule has 4 aromatic carbocycles. The van der Waals surface area contributed by atoms with Gasteiger partial charge in [-0.1, -0.05) is 75.2 Å². The third-order valence-corrected chi connectivity index (χ3v) is 12.0. The molecule has 1 nitrogen and oxygen atoms in total. The van der Waals surface area contributed by atoms with E-state index in [0.29, 0.717) is 49.0 Å². The van der Waals surface area contributed by atoms with Gasteiger partial charge in [-0.25, -0.2) is 17.6 Å². The maximum absolute atomic E-state index is 15.0. The average Bonchev–Trinajstić information content (AvgIpc) is 3.16. The number of halogens is 4. The average molecular weight is 699 g/mol. The largest absolute Gasteiger partial charge is 0.381 e. The molecule has 6 rings (SSSR count). The third-order valence-electron chi connectivity index (χ3n) is 12.0. The lowest BCUT2D eigenvalue weighted by Gasteiger charge is -2.28. The number of hydrogen-bond acceptors (Lipinski definition) is 1. The first-order valence-corrected chi connectivity index (χ1v) is 19.6. The summed E-state index contributed by atoms with van der Waals surface area (Å²) in [5.74, 6) is 0.634. The smallest absolute Gasteiger partial charge is 0.129 e. The van der Waals surface area contributed by atoms with Gasteiger partial charge in [0.2, 0.25) is 0 Å². The molecule has 0 unspecified atom stereocenters. The molecule has 2 aliphatic rings. The Morgan fingerprint density at radius 1 is 0.471 bits per heavy atom. The molecule has 0 N–H and O–H groups in total. The first-order chi connectivity index (χ1) is 24.8. The number of benzene rings is 4. The van der Waals surface area contributed by atoms with Crippen LogP contribution in [0.15, 0.2) is 72.8 Å². The number of ether oxygens (including phenoxy) is 1. The first kappa shape index (κ1) is 37.3. The molecule has 51 heavy (non-hydrogen) atoms. The lowest BCUT2D eigenvalue weighted by molar-refractivity contribution is 0.129. The molecule has 2 aliphatic carbocycles. The molecule has 0 heterocycles. The van der Waals surface area contributed by atoms with Crippen molar-refractivity contribution in [3.05, 3.63) is 118 Å². The van der Waals surface area contributed by atoms with Crippen LogP contribution in [0, 0.1) is 35.1 Å². The van der Waals surface area contributed by atoms with E-state index >= 15 is 17.6 Å². The summed E-state index contributed by atoms with van der Waals surface area (Å²) in [6, 6.07) is 22.0. The maximum Gasteiger partial charge on any atom is 0.129 e. The predicted octanol–water partition coefficient (Wildman–Crippen LogP) is 13.5. The second-order valence-electron chi connectivity index (χ2n) is 15.2. The van der Waals surface area contributed by atoms with Crippen LogP contribution in [0.3, 0.4) is 0 Å². The highest BCUT2D eigenvalue weighted by Crippen LogP contribution is 2.39. The van der Waals surface area contributed by atoms with E-state index in [2.05, 4.69) is 38.1 Å². The Hall–Kier alpha value is -3.44. The molecule has 0 amide bonds. The van der Waals surface area contributed by atoms with Gasteiger partial charge in [0.15, 0.2) is 0 Å². The van der Waals surface area contributed by atoms with Crippen molar-refractivity contribution in [3.8, 4) is 22.3 Å².